The highest BCUT2D eigenvalue weighted by atomic mass is 32.2. The van der Waals surface area contributed by atoms with Crippen LogP contribution < -0.4 is 4.74 Å². The summed E-state index contributed by atoms with van der Waals surface area (Å²) in [5.74, 6) is 1.88. The van der Waals surface area contributed by atoms with E-state index in [2.05, 4.69) is 21.4 Å². The van der Waals surface area contributed by atoms with Gasteiger partial charge in [0.1, 0.15) is 5.75 Å². The van der Waals surface area contributed by atoms with Crippen LogP contribution in [0.4, 0.5) is 0 Å². The number of hydrogen-bond donors (Lipinski definition) is 0. The second-order valence-corrected chi connectivity index (χ2v) is 4.30. The molecule has 80 valence electrons. The van der Waals surface area contributed by atoms with Crippen molar-refractivity contribution in [3.05, 3.63) is 29.8 Å². The summed E-state index contributed by atoms with van der Waals surface area (Å²) in [7, 11) is 1.69. The van der Waals surface area contributed by atoms with Crippen molar-refractivity contribution in [1.82, 2.24) is 4.31 Å². The number of rotatable bonds is 4. The molecule has 1 aromatic rings. The molecule has 0 radical (unpaired) electrons. The van der Waals surface area contributed by atoms with Crippen LogP contribution in [0.3, 0.4) is 0 Å². The maximum absolute atomic E-state index is 5.18. The molecule has 0 fully saturated rings. The van der Waals surface area contributed by atoms with E-state index in [0.717, 1.165) is 24.6 Å². The molecule has 15 heavy (non-hydrogen) atoms. The van der Waals surface area contributed by atoms with E-state index in [9.17, 15) is 0 Å². The Kier molecular flexibility index (Phi) is 3.50. The van der Waals surface area contributed by atoms with E-state index in [4.69, 9.17) is 4.74 Å². The normalized spacial score (nSPS) is 14.6. The number of benzene rings is 1. The van der Waals surface area contributed by atoms with Gasteiger partial charge >= 0.3 is 0 Å². The molecule has 0 aromatic heterocycles. The smallest absolute Gasteiger partial charge is 0.119 e. The van der Waals surface area contributed by atoms with Gasteiger partial charge in [-0.05, 0) is 29.6 Å². The molecular formula is C11H14N2OS. The second kappa shape index (κ2) is 5.07. The van der Waals surface area contributed by atoms with E-state index in [1.807, 2.05) is 18.5 Å². The molecule has 0 N–H and O–H groups in total. The largest absolute Gasteiger partial charge is 0.497 e. The van der Waals surface area contributed by atoms with Gasteiger partial charge in [0, 0.05) is 5.75 Å². The highest BCUT2D eigenvalue weighted by Crippen LogP contribution is 2.20. The van der Waals surface area contributed by atoms with Crippen molar-refractivity contribution in [2.45, 2.75) is 5.75 Å². The molecule has 0 atom stereocenters. The van der Waals surface area contributed by atoms with Gasteiger partial charge in [0.2, 0.25) is 0 Å². The fraction of sp³-hybridized carbons (Fsp3) is 0.364. The molecule has 0 unspecified atom stereocenters. The molecule has 4 heteroatoms. The molecule has 0 aliphatic carbocycles. The lowest BCUT2D eigenvalue weighted by molar-refractivity contribution is 0.414. The molecule has 1 aliphatic heterocycles. The lowest BCUT2D eigenvalue weighted by Gasteiger charge is -2.12. The Morgan fingerprint density at radius 1 is 1.53 bits per heavy atom. The molecule has 0 saturated heterocycles. The van der Waals surface area contributed by atoms with Crippen LogP contribution in [0.15, 0.2) is 29.3 Å². The average molecular weight is 222 g/mol. The Morgan fingerprint density at radius 3 is 3.20 bits per heavy atom. The van der Waals surface area contributed by atoms with E-state index >= 15 is 0 Å². The molecule has 1 aromatic carbocycles. The maximum atomic E-state index is 5.18. The zero-order chi connectivity index (χ0) is 10.5. The van der Waals surface area contributed by atoms with Gasteiger partial charge in [-0.1, -0.05) is 12.1 Å². The van der Waals surface area contributed by atoms with E-state index in [-0.39, 0.29) is 0 Å². The summed E-state index contributed by atoms with van der Waals surface area (Å²) in [6.07, 6.45) is 1.91. The van der Waals surface area contributed by atoms with Crippen molar-refractivity contribution in [1.29, 1.82) is 0 Å². The molecule has 1 heterocycles. The highest BCUT2D eigenvalue weighted by molar-refractivity contribution is 7.96. The summed E-state index contributed by atoms with van der Waals surface area (Å²) in [5, 5.41) is 0. The van der Waals surface area contributed by atoms with Gasteiger partial charge in [0.15, 0.2) is 0 Å². The van der Waals surface area contributed by atoms with Gasteiger partial charge in [-0.3, -0.25) is 4.99 Å². The molecule has 0 bridgehead atoms. The first-order valence-corrected chi connectivity index (χ1v) is 5.85. The van der Waals surface area contributed by atoms with Crippen LogP contribution >= 0.6 is 11.9 Å². The Hall–Kier alpha value is -1.16. The van der Waals surface area contributed by atoms with E-state index in [0.29, 0.717) is 0 Å². The van der Waals surface area contributed by atoms with Crippen molar-refractivity contribution in [2.24, 2.45) is 4.99 Å². The van der Waals surface area contributed by atoms with Crippen LogP contribution in [0.25, 0.3) is 0 Å². The first-order valence-electron chi connectivity index (χ1n) is 4.91. The molecular weight excluding hydrogens is 208 g/mol. The predicted octanol–water partition coefficient (Wildman–Crippen LogP) is 2.19. The topological polar surface area (TPSA) is 24.8 Å². The van der Waals surface area contributed by atoms with Crippen LogP contribution in [0.2, 0.25) is 0 Å². The van der Waals surface area contributed by atoms with Gasteiger partial charge in [-0.25, -0.2) is 0 Å². The third-order valence-corrected chi connectivity index (χ3v) is 3.26. The molecule has 2 rings (SSSR count). The lowest BCUT2D eigenvalue weighted by atomic mass is 10.2. The number of methoxy groups -OCH3 is 1. The molecule has 0 amide bonds. The summed E-state index contributed by atoms with van der Waals surface area (Å²) < 4.78 is 7.34. The van der Waals surface area contributed by atoms with Gasteiger partial charge in [0.05, 0.1) is 26.5 Å². The quantitative estimate of drug-likeness (QED) is 0.730. The summed E-state index contributed by atoms with van der Waals surface area (Å²) >= 11 is 1.78. The summed E-state index contributed by atoms with van der Waals surface area (Å²) in [4.78, 5) is 4.17. The molecule has 0 saturated carbocycles. The van der Waals surface area contributed by atoms with Crippen LogP contribution in [-0.4, -0.2) is 30.8 Å². The highest BCUT2D eigenvalue weighted by Gasteiger charge is 2.06. The third kappa shape index (κ3) is 2.89. The second-order valence-electron chi connectivity index (χ2n) is 3.29. The minimum absolute atomic E-state index is 0.920. The van der Waals surface area contributed by atoms with E-state index in [1.54, 1.807) is 19.1 Å². The monoisotopic (exact) mass is 222 g/mol. The van der Waals surface area contributed by atoms with Crippen molar-refractivity contribution in [2.75, 3.05) is 20.2 Å². The molecule has 0 spiro atoms. The van der Waals surface area contributed by atoms with E-state index in [1.165, 1.54) is 5.56 Å². The van der Waals surface area contributed by atoms with Crippen LogP contribution in [-0.2, 0) is 5.75 Å². The van der Waals surface area contributed by atoms with Crippen LogP contribution in [0.5, 0.6) is 5.75 Å². The van der Waals surface area contributed by atoms with Crippen molar-refractivity contribution in [3.8, 4) is 5.75 Å². The Morgan fingerprint density at radius 2 is 2.47 bits per heavy atom. The van der Waals surface area contributed by atoms with Gasteiger partial charge < -0.3 is 9.04 Å². The summed E-state index contributed by atoms with van der Waals surface area (Å²) in [5.41, 5.74) is 1.28. The Balaban J connectivity index is 1.89. The third-order valence-electron chi connectivity index (χ3n) is 2.19. The number of ether oxygens (including phenoxy) is 1. The van der Waals surface area contributed by atoms with Crippen molar-refractivity contribution in [3.63, 3.8) is 0 Å². The molecule has 3 nitrogen and oxygen atoms in total. The zero-order valence-electron chi connectivity index (χ0n) is 8.72. The summed E-state index contributed by atoms with van der Waals surface area (Å²) in [6, 6.07) is 8.17. The number of nitrogens with zero attached hydrogens (tertiary/aromatic N) is 2. The lowest BCUT2D eigenvalue weighted by Crippen LogP contribution is -2.10. The zero-order valence-corrected chi connectivity index (χ0v) is 9.54. The van der Waals surface area contributed by atoms with Gasteiger partial charge in [0.25, 0.3) is 0 Å². The van der Waals surface area contributed by atoms with E-state index < -0.39 is 0 Å². The number of hydrogen-bond acceptors (Lipinski definition) is 4. The van der Waals surface area contributed by atoms with Crippen molar-refractivity contribution < 1.29 is 4.74 Å². The first-order chi connectivity index (χ1) is 7.38. The summed E-state index contributed by atoms with van der Waals surface area (Å²) in [6.45, 7) is 1.94. The fourth-order valence-electron chi connectivity index (χ4n) is 1.38. The van der Waals surface area contributed by atoms with Crippen LogP contribution in [0, 0.1) is 0 Å². The fourth-order valence-corrected chi connectivity index (χ4v) is 2.22. The Bertz CT molecular complexity index is 354. The Labute approximate surface area is 94.3 Å². The number of aliphatic imine (C=N–C) groups is 1. The average Bonchev–Trinajstić information content (AvgIpc) is 2.79. The standard InChI is InChI=1S/C11H14N2OS/c1-14-11-4-2-3-10(7-11)8-15-13-6-5-12-9-13/h2-4,7,9H,5-6,8H2,1H3. The van der Waals surface area contributed by atoms with Gasteiger partial charge in [-0.15, -0.1) is 0 Å². The predicted molar refractivity (Wildman–Crippen MR) is 64.4 cm³/mol. The SMILES string of the molecule is COc1cccc(CSN2C=NCC2)c1. The van der Waals surface area contributed by atoms with Crippen molar-refractivity contribution >= 4 is 18.3 Å². The minimum Gasteiger partial charge on any atom is -0.497 e. The maximum Gasteiger partial charge on any atom is 0.119 e. The minimum atomic E-state index is 0.920. The molecule has 1 aliphatic rings. The van der Waals surface area contributed by atoms with Crippen LogP contribution in [0.1, 0.15) is 5.56 Å². The first kappa shape index (κ1) is 10.4. The van der Waals surface area contributed by atoms with Gasteiger partial charge in [-0.2, -0.15) is 0 Å².